The first kappa shape index (κ1) is 8.21. The number of benzene rings is 1. The van der Waals surface area contributed by atoms with E-state index in [1.165, 1.54) is 4.90 Å². The van der Waals surface area contributed by atoms with E-state index in [0.717, 1.165) is 11.3 Å². The zero-order chi connectivity index (χ0) is 8.27. The summed E-state index contributed by atoms with van der Waals surface area (Å²) in [5.41, 5.74) is 7.47. The summed E-state index contributed by atoms with van der Waals surface area (Å²) in [5, 5.41) is 0. The number of hydrogen-bond acceptors (Lipinski definition) is 2. The van der Waals surface area contributed by atoms with E-state index in [2.05, 4.69) is 6.58 Å². The summed E-state index contributed by atoms with van der Waals surface area (Å²) >= 11 is 1.70. The lowest BCUT2D eigenvalue weighted by molar-refractivity contribution is 1.45. The minimum Gasteiger partial charge on any atom is -0.398 e. The van der Waals surface area contributed by atoms with Crippen molar-refractivity contribution in [2.45, 2.75) is 4.90 Å². The molecular formula is C9H11NS. The fraction of sp³-hybridized carbons (Fsp3) is 0.111. The Morgan fingerprint density at radius 2 is 2.27 bits per heavy atom. The number of anilines is 1. The van der Waals surface area contributed by atoms with E-state index in [1.54, 1.807) is 17.8 Å². The summed E-state index contributed by atoms with van der Waals surface area (Å²) in [4.78, 5) is 1.22. The maximum atomic E-state index is 5.67. The Labute approximate surface area is 71.3 Å². The Hall–Kier alpha value is -0.890. The predicted molar refractivity (Wildman–Crippen MR) is 52.7 cm³/mol. The molecule has 0 fully saturated rings. The van der Waals surface area contributed by atoms with Crippen molar-refractivity contribution < 1.29 is 0 Å². The standard InChI is InChI=1S/C9H11NS/c1-3-7-6-8(11-2)4-5-9(7)10/h3-6H,1,10H2,2H3. The van der Waals surface area contributed by atoms with Crippen LogP contribution in [0, 0.1) is 0 Å². The Bertz CT molecular complexity index is 268. The first-order valence-electron chi connectivity index (χ1n) is 3.34. The average Bonchev–Trinajstić information content (AvgIpc) is 2.05. The van der Waals surface area contributed by atoms with Gasteiger partial charge in [0.15, 0.2) is 0 Å². The van der Waals surface area contributed by atoms with Crippen LogP contribution in [-0.2, 0) is 0 Å². The first-order valence-corrected chi connectivity index (χ1v) is 4.56. The van der Waals surface area contributed by atoms with Gasteiger partial charge in [0.25, 0.3) is 0 Å². The number of nitrogen functional groups attached to an aromatic ring is 1. The molecule has 0 radical (unpaired) electrons. The lowest BCUT2D eigenvalue weighted by Crippen LogP contribution is -1.88. The van der Waals surface area contributed by atoms with Crippen LogP contribution in [0.4, 0.5) is 5.69 Å². The quantitative estimate of drug-likeness (QED) is 0.538. The summed E-state index contributed by atoms with van der Waals surface area (Å²) in [7, 11) is 0. The van der Waals surface area contributed by atoms with Crippen LogP contribution in [-0.4, -0.2) is 6.26 Å². The third-order valence-corrected chi connectivity index (χ3v) is 2.24. The van der Waals surface area contributed by atoms with E-state index in [0.29, 0.717) is 0 Å². The van der Waals surface area contributed by atoms with E-state index in [4.69, 9.17) is 5.73 Å². The Kier molecular flexibility index (Phi) is 2.60. The second-order valence-corrected chi connectivity index (χ2v) is 3.08. The molecule has 0 aromatic heterocycles. The van der Waals surface area contributed by atoms with Crippen LogP contribution in [0.15, 0.2) is 29.7 Å². The van der Waals surface area contributed by atoms with Gasteiger partial charge in [-0.2, -0.15) is 0 Å². The maximum absolute atomic E-state index is 5.67. The van der Waals surface area contributed by atoms with Gasteiger partial charge in [0, 0.05) is 10.6 Å². The lowest BCUT2D eigenvalue weighted by Gasteiger charge is -2.01. The minimum atomic E-state index is 0.790. The highest BCUT2D eigenvalue weighted by Crippen LogP contribution is 2.21. The fourth-order valence-corrected chi connectivity index (χ4v) is 1.31. The molecule has 0 saturated heterocycles. The van der Waals surface area contributed by atoms with Crippen molar-refractivity contribution in [1.29, 1.82) is 0 Å². The van der Waals surface area contributed by atoms with Crippen molar-refractivity contribution >= 4 is 23.5 Å². The van der Waals surface area contributed by atoms with Crippen molar-refractivity contribution in [2.24, 2.45) is 0 Å². The molecule has 0 heterocycles. The van der Waals surface area contributed by atoms with Gasteiger partial charge in [-0.1, -0.05) is 12.7 Å². The van der Waals surface area contributed by atoms with Crippen molar-refractivity contribution in [3.8, 4) is 0 Å². The monoisotopic (exact) mass is 165 g/mol. The molecule has 2 heteroatoms. The van der Waals surface area contributed by atoms with Gasteiger partial charge in [-0.25, -0.2) is 0 Å². The van der Waals surface area contributed by atoms with E-state index < -0.39 is 0 Å². The summed E-state index contributed by atoms with van der Waals surface area (Å²) < 4.78 is 0. The number of hydrogen-bond donors (Lipinski definition) is 1. The van der Waals surface area contributed by atoms with Crippen molar-refractivity contribution in [3.63, 3.8) is 0 Å². The second-order valence-electron chi connectivity index (χ2n) is 2.20. The highest BCUT2D eigenvalue weighted by molar-refractivity contribution is 7.98. The van der Waals surface area contributed by atoms with E-state index >= 15 is 0 Å². The van der Waals surface area contributed by atoms with Gasteiger partial charge in [0.05, 0.1) is 0 Å². The Morgan fingerprint density at radius 3 is 2.82 bits per heavy atom. The molecule has 0 aliphatic heterocycles. The van der Waals surface area contributed by atoms with Crippen LogP contribution in [0.3, 0.4) is 0 Å². The SMILES string of the molecule is C=Cc1cc(SC)ccc1N. The molecule has 0 bridgehead atoms. The van der Waals surface area contributed by atoms with Gasteiger partial charge < -0.3 is 5.73 Å². The third kappa shape index (κ3) is 1.77. The van der Waals surface area contributed by atoms with Gasteiger partial charge in [0.1, 0.15) is 0 Å². The molecule has 0 unspecified atom stereocenters. The van der Waals surface area contributed by atoms with Crippen LogP contribution in [0.2, 0.25) is 0 Å². The molecule has 1 rings (SSSR count). The third-order valence-electron chi connectivity index (χ3n) is 1.51. The summed E-state index contributed by atoms with van der Waals surface area (Å²) in [6, 6.07) is 5.95. The summed E-state index contributed by atoms with van der Waals surface area (Å²) in [6.07, 6.45) is 3.81. The zero-order valence-corrected chi connectivity index (χ0v) is 7.32. The molecule has 0 saturated carbocycles. The van der Waals surface area contributed by atoms with Gasteiger partial charge >= 0.3 is 0 Å². The molecule has 2 N–H and O–H groups in total. The van der Waals surface area contributed by atoms with Crippen LogP contribution in [0.5, 0.6) is 0 Å². The van der Waals surface area contributed by atoms with Crippen LogP contribution < -0.4 is 5.73 Å². The Morgan fingerprint density at radius 1 is 1.55 bits per heavy atom. The second kappa shape index (κ2) is 3.49. The minimum absolute atomic E-state index is 0.790. The molecule has 1 aromatic rings. The molecule has 1 aromatic carbocycles. The van der Waals surface area contributed by atoms with Gasteiger partial charge in [-0.15, -0.1) is 11.8 Å². The van der Waals surface area contributed by atoms with Crippen LogP contribution in [0.1, 0.15) is 5.56 Å². The van der Waals surface area contributed by atoms with E-state index in [1.807, 2.05) is 24.5 Å². The molecule has 0 atom stereocenters. The molecule has 1 nitrogen and oxygen atoms in total. The van der Waals surface area contributed by atoms with E-state index in [-0.39, 0.29) is 0 Å². The fourth-order valence-electron chi connectivity index (χ4n) is 0.857. The van der Waals surface area contributed by atoms with E-state index in [9.17, 15) is 0 Å². The summed E-state index contributed by atoms with van der Waals surface area (Å²) in [6.45, 7) is 3.68. The molecule has 0 spiro atoms. The normalized spacial score (nSPS) is 9.55. The smallest absolute Gasteiger partial charge is 0.0388 e. The topological polar surface area (TPSA) is 26.0 Å². The first-order chi connectivity index (χ1) is 5.27. The molecular weight excluding hydrogens is 154 g/mol. The van der Waals surface area contributed by atoms with Gasteiger partial charge in [-0.05, 0) is 30.0 Å². The zero-order valence-electron chi connectivity index (χ0n) is 6.50. The van der Waals surface area contributed by atoms with Crippen LogP contribution >= 0.6 is 11.8 Å². The van der Waals surface area contributed by atoms with Gasteiger partial charge in [-0.3, -0.25) is 0 Å². The number of nitrogens with two attached hydrogens (primary N) is 1. The number of thioether (sulfide) groups is 1. The largest absolute Gasteiger partial charge is 0.398 e. The van der Waals surface area contributed by atoms with Crippen molar-refractivity contribution in [3.05, 3.63) is 30.3 Å². The molecule has 0 amide bonds. The Balaban J connectivity index is 3.12. The van der Waals surface area contributed by atoms with Gasteiger partial charge in [0.2, 0.25) is 0 Å². The molecule has 11 heavy (non-hydrogen) atoms. The van der Waals surface area contributed by atoms with Crippen molar-refractivity contribution in [1.82, 2.24) is 0 Å². The maximum Gasteiger partial charge on any atom is 0.0388 e. The molecule has 0 aliphatic carbocycles. The average molecular weight is 165 g/mol. The molecule has 0 aliphatic rings. The predicted octanol–water partition coefficient (Wildman–Crippen LogP) is 2.63. The lowest BCUT2D eigenvalue weighted by atomic mass is 10.2. The highest BCUT2D eigenvalue weighted by Gasteiger charge is 1.95. The number of rotatable bonds is 2. The van der Waals surface area contributed by atoms with Crippen LogP contribution in [0.25, 0.3) is 6.08 Å². The van der Waals surface area contributed by atoms with Crippen molar-refractivity contribution in [2.75, 3.05) is 12.0 Å². The summed E-state index contributed by atoms with van der Waals surface area (Å²) in [5.74, 6) is 0. The highest BCUT2D eigenvalue weighted by atomic mass is 32.2. The molecule has 58 valence electrons.